The molecule has 1 rings (SSSR count). The lowest BCUT2D eigenvalue weighted by Gasteiger charge is -2.11. The maximum absolute atomic E-state index is 11.8. The highest BCUT2D eigenvalue weighted by Crippen LogP contribution is 2.28. The van der Waals surface area contributed by atoms with Crippen molar-refractivity contribution in [3.8, 4) is 5.75 Å². The van der Waals surface area contributed by atoms with Crippen LogP contribution in [0, 0.1) is 10.1 Å². The van der Waals surface area contributed by atoms with E-state index in [0.29, 0.717) is 0 Å². The highest BCUT2D eigenvalue weighted by atomic mass is 32.2. The van der Waals surface area contributed by atoms with Crippen molar-refractivity contribution in [3.63, 3.8) is 0 Å². The molecule has 1 aromatic carbocycles. The van der Waals surface area contributed by atoms with Gasteiger partial charge in [-0.25, -0.2) is 13.1 Å². The Balaban J connectivity index is 3.18. The van der Waals surface area contributed by atoms with Gasteiger partial charge in [0.15, 0.2) is 5.75 Å². The molecular formula is C9H12N2O6S. The lowest BCUT2D eigenvalue weighted by molar-refractivity contribution is -0.386. The summed E-state index contributed by atoms with van der Waals surface area (Å²) in [5, 5.41) is 28.5. The van der Waals surface area contributed by atoms with E-state index in [9.17, 15) is 23.6 Å². The molecule has 0 amide bonds. The molecule has 100 valence electrons. The van der Waals surface area contributed by atoms with Gasteiger partial charge in [-0.3, -0.25) is 10.1 Å². The lowest BCUT2D eigenvalue weighted by Crippen LogP contribution is -2.34. The first-order valence-corrected chi connectivity index (χ1v) is 6.37. The summed E-state index contributed by atoms with van der Waals surface area (Å²) in [5.74, 6) is -0.617. The number of hydrogen-bond acceptors (Lipinski definition) is 6. The topological polar surface area (TPSA) is 130 Å². The van der Waals surface area contributed by atoms with Gasteiger partial charge in [-0.05, 0) is 19.1 Å². The Morgan fingerprint density at radius 2 is 2.11 bits per heavy atom. The molecule has 0 bridgehead atoms. The van der Waals surface area contributed by atoms with Crippen LogP contribution in [0.1, 0.15) is 6.92 Å². The number of aromatic hydroxyl groups is 1. The minimum absolute atomic E-state index is 0.354. The molecule has 0 aliphatic carbocycles. The number of nitrogens with one attached hydrogen (secondary N) is 1. The van der Waals surface area contributed by atoms with E-state index < -0.39 is 39.0 Å². The maximum atomic E-state index is 11.8. The van der Waals surface area contributed by atoms with Crippen molar-refractivity contribution in [1.29, 1.82) is 0 Å². The van der Waals surface area contributed by atoms with Crippen molar-refractivity contribution >= 4 is 15.7 Å². The van der Waals surface area contributed by atoms with Gasteiger partial charge in [0.1, 0.15) is 0 Å². The van der Waals surface area contributed by atoms with Crippen LogP contribution < -0.4 is 4.72 Å². The minimum atomic E-state index is -3.97. The third kappa shape index (κ3) is 3.15. The third-order valence-electron chi connectivity index (χ3n) is 2.08. The number of benzene rings is 1. The second-order valence-corrected chi connectivity index (χ2v) is 5.33. The van der Waals surface area contributed by atoms with Crippen molar-refractivity contribution in [1.82, 2.24) is 4.72 Å². The largest absolute Gasteiger partial charge is 0.502 e. The zero-order chi connectivity index (χ0) is 13.9. The molecule has 9 heteroatoms. The average molecular weight is 276 g/mol. The summed E-state index contributed by atoms with van der Waals surface area (Å²) in [6.07, 6.45) is 0. The van der Waals surface area contributed by atoms with E-state index in [1.165, 1.54) is 6.92 Å². The van der Waals surface area contributed by atoms with E-state index in [2.05, 4.69) is 4.72 Å². The molecule has 1 atom stereocenters. The second-order valence-electron chi connectivity index (χ2n) is 3.61. The molecular weight excluding hydrogens is 264 g/mol. The first-order chi connectivity index (χ1) is 8.27. The fourth-order valence-electron chi connectivity index (χ4n) is 1.19. The van der Waals surface area contributed by atoms with Crippen LogP contribution in [-0.2, 0) is 10.0 Å². The predicted molar refractivity (Wildman–Crippen MR) is 61.6 cm³/mol. The van der Waals surface area contributed by atoms with Crippen molar-refractivity contribution in [3.05, 3.63) is 28.3 Å². The standard InChI is InChI=1S/C9H12N2O6S/c1-6(5-12)10-18(16,17)7-2-3-9(13)8(4-7)11(14)15/h2-4,6,10,12-13H,5H2,1H3/t6-/m1/s1. The molecule has 0 spiro atoms. The number of nitrogens with zero attached hydrogens (tertiary/aromatic N) is 1. The Kier molecular flexibility index (Phi) is 4.22. The van der Waals surface area contributed by atoms with Gasteiger partial charge in [0.05, 0.1) is 16.4 Å². The predicted octanol–water partition coefficient (Wildman–Crippen LogP) is -0.0405. The van der Waals surface area contributed by atoms with Crippen molar-refractivity contribution in [2.75, 3.05) is 6.61 Å². The number of rotatable bonds is 5. The Hall–Kier alpha value is -1.71. The van der Waals surface area contributed by atoms with Gasteiger partial charge in [-0.2, -0.15) is 0 Å². The summed E-state index contributed by atoms with van der Waals surface area (Å²) in [6, 6.07) is 2.00. The molecule has 0 aliphatic heterocycles. The van der Waals surface area contributed by atoms with Gasteiger partial charge in [-0.15, -0.1) is 0 Å². The summed E-state index contributed by atoms with van der Waals surface area (Å²) >= 11 is 0. The molecule has 1 aromatic rings. The molecule has 0 aliphatic rings. The van der Waals surface area contributed by atoms with Gasteiger partial charge in [-0.1, -0.05) is 0 Å². The molecule has 0 aromatic heterocycles. The van der Waals surface area contributed by atoms with Crippen molar-refractivity contribution in [2.24, 2.45) is 0 Å². The van der Waals surface area contributed by atoms with E-state index in [1.807, 2.05) is 0 Å². The number of aliphatic hydroxyl groups excluding tert-OH is 1. The average Bonchev–Trinajstić information content (AvgIpc) is 2.28. The van der Waals surface area contributed by atoms with Gasteiger partial charge >= 0.3 is 5.69 Å². The number of aliphatic hydroxyl groups is 1. The summed E-state index contributed by atoms with van der Waals surface area (Å²) in [5.41, 5.74) is -0.700. The van der Waals surface area contributed by atoms with Crippen molar-refractivity contribution in [2.45, 2.75) is 17.9 Å². The molecule has 18 heavy (non-hydrogen) atoms. The first kappa shape index (κ1) is 14.4. The quantitative estimate of drug-likeness (QED) is 0.511. The fraction of sp³-hybridized carbons (Fsp3) is 0.333. The van der Waals surface area contributed by atoms with Gasteiger partial charge in [0.2, 0.25) is 10.0 Å². The number of sulfonamides is 1. The van der Waals surface area contributed by atoms with E-state index in [4.69, 9.17) is 5.11 Å². The number of phenols is 1. The van der Waals surface area contributed by atoms with E-state index in [0.717, 1.165) is 18.2 Å². The minimum Gasteiger partial charge on any atom is -0.502 e. The fourth-order valence-corrected chi connectivity index (χ4v) is 2.44. The maximum Gasteiger partial charge on any atom is 0.312 e. The highest BCUT2D eigenvalue weighted by Gasteiger charge is 2.22. The number of hydrogen-bond donors (Lipinski definition) is 3. The van der Waals surface area contributed by atoms with E-state index >= 15 is 0 Å². The first-order valence-electron chi connectivity index (χ1n) is 4.88. The second kappa shape index (κ2) is 5.29. The molecule has 0 unspecified atom stereocenters. The normalized spacial score (nSPS) is 13.2. The van der Waals surface area contributed by atoms with Crippen LogP contribution in [-0.4, -0.2) is 36.2 Å². The molecule has 3 N–H and O–H groups in total. The summed E-state index contributed by atoms with van der Waals surface area (Å²) in [6.45, 7) is 1.03. The SMILES string of the molecule is C[C@H](CO)NS(=O)(=O)c1ccc(O)c([N+](=O)[O-])c1. The van der Waals surface area contributed by atoms with Crippen LogP contribution in [0.15, 0.2) is 23.1 Å². The Morgan fingerprint density at radius 1 is 1.50 bits per heavy atom. The van der Waals surface area contributed by atoms with Crippen LogP contribution >= 0.6 is 0 Å². The Labute approximate surface area is 103 Å². The van der Waals surface area contributed by atoms with E-state index in [-0.39, 0.29) is 4.90 Å². The molecule has 0 fully saturated rings. The van der Waals surface area contributed by atoms with Crippen LogP contribution in [0.2, 0.25) is 0 Å². The van der Waals surface area contributed by atoms with Gasteiger partial charge in [0, 0.05) is 12.1 Å². The lowest BCUT2D eigenvalue weighted by atomic mass is 10.3. The van der Waals surface area contributed by atoms with Crippen LogP contribution in [0.3, 0.4) is 0 Å². The molecule has 8 nitrogen and oxygen atoms in total. The highest BCUT2D eigenvalue weighted by molar-refractivity contribution is 7.89. The van der Waals surface area contributed by atoms with Crippen molar-refractivity contribution < 1.29 is 23.6 Å². The van der Waals surface area contributed by atoms with Crippen LogP contribution in [0.5, 0.6) is 5.75 Å². The van der Waals surface area contributed by atoms with Gasteiger partial charge < -0.3 is 10.2 Å². The third-order valence-corrected chi connectivity index (χ3v) is 3.67. The van der Waals surface area contributed by atoms with Crippen LogP contribution in [0.25, 0.3) is 0 Å². The number of nitro benzene ring substituents is 1. The smallest absolute Gasteiger partial charge is 0.312 e. The molecule has 0 radical (unpaired) electrons. The molecule has 0 saturated carbocycles. The number of phenolic OH excluding ortho intramolecular Hbond substituents is 1. The van der Waals surface area contributed by atoms with Gasteiger partial charge in [0.25, 0.3) is 0 Å². The summed E-state index contributed by atoms with van der Waals surface area (Å²) < 4.78 is 25.6. The van der Waals surface area contributed by atoms with Crippen LogP contribution in [0.4, 0.5) is 5.69 Å². The molecule has 0 heterocycles. The zero-order valence-corrected chi connectivity index (χ0v) is 10.2. The number of nitro groups is 1. The Morgan fingerprint density at radius 3 is 2.61 bits per heavy atom. The summed E-state index contributed by atoms with van der Waals surface area (Å²) in [7, 11) is -3.97. The molecule has 0 saturated heterocycles. The Bertz CT molecular complexity index is 556. The monoisotopic (exact) mass is 276 g/mol. The zero-order valence-electron chi connectivity index (χ0n) is 9.40. The van der Waals surface area contributed by atoms with E-state index in [1.54, 1.807) is 0 Å². The summed E-state index contributed by atoms with van der Waals surface area (Å²) in [4.78, 5) is 9.33.